The van der Waals surface area contributed by atoms with E-state index in [-0.39, 0.29) is 11.7 Å². The normalized spacial score (nSPS) is 20.4. The lowest BCUT2D eigenvalue weighted by Crippen LogP contribution is -2.30. The molecule has 86 valence electrons. The third kappa shape index (κ3) is 2.66. The molecule has 2 heterocycles. The van der Waals surface area contributed by atoms with Gasteiger partial charge in [0.15, 0.2) is 5.69 Å². The van der Waals surface area contributed by atoms with Gasteiger partial charge in [-0.05, 0) is 12.8 Å². The van der Waals surface area contributed by atoms with E-state index in [1.165, 1.54) is 12.4 Å². The molecule has 0 spiro atoms. The van der Waals surface area contributed by atoms with Crippen molar-refractivity contribution in [2.75, 3.05) is 18.5 Å². The summed E-state index contributed by atoms with van der Waals surface area (Å²) in [5.41, 5.74) is -0.0505. The largest absolute Gasteiger partial charge is 0.476 e. The van der Waals surface area contributed by atoms with Crippen molar-refractivity contribution in [3.63, 3.8) is 0 Å². The molecule has 6 heteroatoms. The summed E-state index contributed by atoms with van der Waals surface area (Å²) in [5.74, 6) is -0.486. The third-order valence-corrected chi connectivity index (χ3v) is 2.38. The Labute approximate surface area is 92.7 Å². The molecule has 2 N–H and O–H groups in total. The molecule has 0 aromatic carbocycles. The maximum absolute atomic E-state index is 10.6. The Hall–Kier alpha value is -1.69. The molecule has 2 rings (SSSR count). The number of carboxylic acid groups (broad SMARTS) is 1. The van der Waals surface area contributed by atoms with Crippen molar-refractivity contribution in [3.05, 3.63) is 18.1 Å². The molecule has 16 heavy (non-hydrogen) atoms. The molecule has 1 saturated heterocycles. The van der Waals surface area contributed by atoms with Crippen LogP contribution in [0.4, 0.5) is 5.82 Å². The molecule has 1 atom stereocenters. The maximum Gasteiger partial charge on any atom is 0.356 e. The Balaban J connectivity index is 1.96. The van der Waals surface area contributed by atoms with Crippen LogP contribution in [-0.4, -0.2) is 40.3 Å². The van der Waals surface area contributed by atoms with E-state index in [4.69, 9.17) is 9.84 Å². The monoisotopic (exact) mass is 223 g/mol. The number of nitrogens with zero attached hydrogens (tertiary/aromatic N) is 2. The molecule has 0 saturated carbocycles. The lowest BCUT2D eigenvalue weighted by atomic mass is 10.1. The van der Waals surface area contributed by atoms with Crippen molar-refractivity contribution >= 4 is 11.8 Å². The summed E-state index contributed by atoms with van der Waals surface area (Å²) in [5, 5.41) is 11.8. The fraction of sp³-hybridized carbons (Fsp3) is 0.500. The van der Waals surface area contributed by atoms with E-state index in [9.17, 15) is 4.79 Å². The number of carbonyl (C=O) groups is 1. The SMILES string of the molecule is O=C(O)c1cnc(N[C@@H]2CCCOC2)cn1. The molecule has 1 aliphatic heterocycles. The molecular weight excluding hydrogens is 210 g/mol. The molecule has 1 aromatic rings. The van der Waals surface area contributed by atoms with Crippen LogP contribution >= 0.6 is 0 Å². The summed E-state index contributed by atoms with van der Waals surface area (Å²) in [6.45, 7) is 1.46. The average Bonchev–Trinajstić information content (AvgIpc) is 2.31. The number of rotatable bonds is 3. The van der Waals surface area contributed by atoms with Gasteiger partial charge in [0.05, 0.1) is 25.0 Å². The van der Waals surface area contributed by atoms with Crippen molar-refractivity contribution in [1.82, 2.24) is 9.97 Å². The highest BCUT2D eigenvalue weighted by Crippen LogP contribution is 2.11. The van der Waals surface area contributed by atoms with E-state index >= 15 is 0 Å². The van der Waals surface area contributed by atoms with E-state index < -0.39 is 5.97 Å². The van der Waals surface area contributed by atoms with E-state index in [0.717, 1.165) is 19.4 Å². The van der Waals surface area contributed by atoms with E-state index in [1.807, 2.05) is 0 Å². The van der Waals surface area contributed by atoms with Gasteiger partial charge in [0.2, 0.25) is 0 Å². The smallest absolute Gasteiger partial charge is 0.356 e. The number of hydrogen-bond donors (Lipinski definition) is 2. The first-order chi connectivity index (χ1) is 7.75. The Bertz CT molecular complexity index is 360. The summed E-state index contributed by atoms with van der Waals surface area (Å²) in [6, 6.07) is 0.235. The van der Waals surface area contributed by atoms with Crippen molar-refractivity contribution in [2.24, 2.45) is 0 Å². The van der Waals surface area contributed by atoms with E-state index in [0.29, 0.717) is 12.4 Å². The number of ether oxygens (including phenoxy) is 1. The van der Waals surface area contributed by atoms with Gasteiger partial charge in [-0.25, -0.2) is 14.8 Å². The summed E-state index contributed by atoms with van der Waals surface area (Å²) in [4.78, 5) is 18.3. The standard InChI is InChI=1S/C10H13N3O3/c14-10(15)8-4-12-9(5-11-8)13-7-2-1-3-16-6-7/h4-5,7H,1-3,6H2,(H,12,13)(H,14,15)/t7-/m1/s1. The zero-order chi connectivity index (χ0) is 11.4. The fourth-order valence-corrected chi connectivity index (χ4v) is 1.58. The summed E-state index contributed by atoms with van der Waals surface area (Å²) < 4.78 is 5.31. The molecular formula is C10H13N3O3. The van der Waals surface area contributed by atoms with Crippen LogP contribution in [0.2, 0.25) is 0 Å². The second-order valence-electron chi connectivity index (χ2n) is 3.65. The summed E-state index contributed by atoms with van der Waals surface area (Å²) in [6.07, 6.45) is 4.73. The first kappa shape index (κ1) is 10.8. The lowest BCUT2D eigenvalue weighted by Gasteiger charge is -2.23. The minimum Gasteiger partial charge on any atom is -0.476 e. The fourth-order valence-electron chi connectivity index (χ4n) is 1.58. The van der Waals surface area contributed by atoms with Gasteiger partial charge in [-0.15, -0.1) is 0 Å². The molecule has 0 bridgehead atoms. The number of carboxylic acids is 1. The second kappa shape index (κ2) is 4.89. The summed E-state index contributed by atoms with van der Waals surface area (Å²) >= 11 is 0. The van der Waals surface area contributed by atoms with Crippen LogP contribution in [0.25, 0.3) is 0 Å². The minimum atomic E-state index is -1.07. The van der Waals surface area contributed by atoms with Crippen molar-refractivity contribution < 1.29 is 14.6 Å². The second-order valence-corrected chi connectivity index (χ2v) is 3.65. The number of hydrogen-bond acceptors (Lipinski definition) is 5. The van der Waals surface area contributed by atoms with Crippen LogP contribution < -0.4 is 5.32 Å². The Morgan fingerprint density at radius 1 is 1.50 bits per heavy atom. The zero-order valence-corrected chi connectivity index (χ0v) is 8.72. The van der Waals surface area contributed by atoms with Crippen LogP contribution in [0.1, 0.15) is 23.3 Å². The molecule has 6 nitrogen and oxygen atoms in total. The van der Waals surface area contributed by atoms with Crippen LogP contribution in [0, 0.1) is 0 Å². The van der Waals surface area contributed by atoms with E-state index in [1.54, 1.807) is 0 Å². The first-order valence-corrected chi connectivity index (χ1v) is 5.15. The van der Waals surface area contributed by atoms with Crippen molar-refractivity contribution in [1.29, 1.82) is 0 Å². The zero-order valence-electron chi connectivity index (χ0n) is 8.72. The van der Waals surface area contributed by atoms with Crippen LogP contribution in [0.5, 0.6) is 0 Å². The number of aromatic carboxylic acids is 1. The number of nitrogens with one attached hydrogen (secondary N) is 1. The Morgan fingerprint density at radius 3 is 2.94 bits per heavy atom. The third-order valence-electron chi connectivity index (χ3n) is 2.38. The molecule has 1 aromatic heterocycles. The predicted molar refractivity (Wildman–Crippen MR) is 56.5 cm³/mol. The van der Waals surface area contributed by atoms with Crippen LogP contribution in [0.3, 0.4) is 0 Å². The van der Waals surface area contributed by atoms with Gasteiger partial charge >= 0.3 is 5.97 Å². The van der Waals surface area contributed by atoms with Gasteiger partial charge in [0.25, 0.3) is 0 Å². The van der Waals surface area contributed by atoms with E-state index in [2.05, 4.69) is 15.3 Å². The van der Waals surface area contributed by atoms with Crippen LogP contribution in [0.15, 0.2) is 12.4 Å². The Morgan fingerprint density at radius 2 is 2.38 bits per heavy atom. The molecule has 0 aliphatic carbocycles. The van der Waals surface area contributed by atoms with Gasteiger partial charge < -0.3 is 15.2 Å². The van der Waals surface area contributed by atoms with Gasteiger partial charge in [-0.2, -0.15) is 0 Å². The average molecular weight is 223 g/mol. The minimum absolute atomic E-state index is 0.0505. The highest BCUT2D eigenvalue weighted by molar-refractivity contribution is 5.84. The maximum atomic E-state index is 10.6. The molecule has 0 radical (unpaired) electrons. The van der Waals surface area contributed by atoms with Crippen molar-refractivity contribution in [3.8, 4) is 0 Å². The van der Waals surface area contributed by atoms with Crippen molar-refractivity contribution in [2.45, 2.75) is 18.9 Å². The highest BCUT2D eigenvalue weighted by atomic mass is 16.5. The van der Waals surface area contributed by atoms with Gasteiger partial charge in [0.1, 0.15) is 5.82 Å². The predicted octanol–water partition coefficient (Wildman–Crippen LogP) is 0.766. The first-order valence-electron chi connectivity index (χ1n) is 5.15. The quantitative estimate of drug-likeness (QED) is 0.787. The molecule has 0 amide bonds. The lowest BCUT2D eigenvalue weighted by molar-refractivity contribution is 0.0690. The number of anilines is 1. The van der Waals surface area contributed by atoms with Gasteiger partial charge in [-0.1, -0.05) is 0 Å². The molecule has 1 aliphatic rings. The van der Waals surface area contributed by atoms with Crippen LogP contribution in [-0.2, 0) is 4.74 Å². The molecule has 0 unspecified atom stereocenters. The summed E-state index contributed by atoms with van der Waals surface area (Å²) in [7, 11) is 0. The molecule has 1 fully saturated rings. The number of aromatic nitrogens is 2. The van der Waals surface area contributed by atoms with Gasteiger partial charge in [0, 0.05) is 6.61 Å². The highest BCUT2D eigenvalue weighted by Gasteiger charge is 2.14. The Kier molecular flexibility index (Phi) is 3.31. The topological polar surface area (TPSA) is 84.3 Å². The van der Waals surface area contributed by atoms with Gasteiger partial charge in [-0.3, -0.25) is 0 Å².